The fourth-order valence-electron chi connectivity index (χ4n) is 2.89. The van der Waals surface area contributed by atoms with Gasteiger partial charge in [-0.25, -0.2) is 0 Å². The van der Waals surface area contributed by atoms with E-state index in [1.807, 2.05) is 0 Å². The van der Waals surface area contributed by atoms with Gasteiger partial charge in [-0.3, -0.25) is 0 Å². The van der Waals surface area contributed by atoms with Crippen LogP contribution in [-0.2, 0) is 6.42 Å². The Balaban J connectivity index is 2.04. The fourth-order valence-corrected chi connectivity index (χ4v) is 3.33. The van der Waals surface area contributed by atoms with Crippen LogP contribution >= 0.6 is 25.3 Å². The van der Waals surface area contributed by atoms with E-state index in [0.29, 0.717) is 0 Å². The Hall–Kier alpha value is -0.200. The number of nitrogens with one attached hydrogen (secondary N) is 1. The van der Waals surface area contributed by atoms with Crippen LogP contribution in [0.3, 0.4) is 0 Å². The van der Waals surface area contributed by atoms with Crippen molar-refractivity contribution >= 4 is 25.3 Å². The minimum absolute atomic E-state index is 0.907. The van der Waals surface area contributed by atoms with Gasteiger partial charge in [0.05, 0.1) is 0 Å². The molecule has 1 N–H and O–H groups in total. The van der Waals surface area contributed by atoms with Gasteiger partial charge in [0.2, 0.25) is 0 Å². The second kappa shape index (κ2) is 16.0. The molecule has 25 heavy (non-hydrogen) atoms. The lowest BCUT2D eigenvalue weighted by atomic mass is 10.1. The van der Waals surface area contributed by atoms with Crippen LogP contribution in [0, 0.1) is 0 Å². The average Bonchev–Trinajstić information content (AvgIpc) is 2.64. The zero-order chi connectivity index (χ0) is 18.2. The van der Waals surface area contributed by atoms with Gasteiger partial charge in [-0.2, -0.15) is 25.3 Å². The molecular formula is C20H37N3S2. The molecule has 0 aliphatic heterocycles. The Kier molecular flexibility index (Phi) is 14.6. The normalized spacial score (nSPS) is 11.6. The molecule has 0 aliphatic carbocycles. The largest absolute Gasteiger partial charge is 0.315 e. The third-order valence-electron chi connectivity index (χ3n) is 4.45. The standard InChI is InChI=1S/C20H37N3S2/c1-22(15-10-20-8-4-2-5-9-20)13-6-3-7-14-23(17-19-25)16-11-21-12-18-24/h2,4-5,8-9,21,24-25H,3,6-7,10-19H2,1H3. The van der Waals surface area contributed by atoms with Gasteiger partial charge in [0, 0.05) is 44.2 Å². The highest BCUT2D eigenvalue weighted by atomic mass is 32.1. The number of rotatable bonds is 16. The van der Waals surface area contributed by atoms with Crippen molar-refractivity contribution in [3.63, 3.8) is 0 Å². The predicted molar refractivity (Wildman–Crippen MR) is 119 cm³/mol. The summed E-state index contributed by atoms with van der Waals surface area (Å²) < 4.78 is 0. The van der Waals surface area contributed by atoms with Gasteiger partial charge in [-0.05, 0) is 45.0 Å². The van der Waals surface area contributed by atoms with Gasteiger partial charge in [-0.15, -0.1) is 0 Å². The number of benzene rings is 1. The smallest absolute Gasteiger partial charge is 0.0107 e. The first-order valence-electron chi connectivity index (χ1n) is 9.63. The van der Waals surface area contributed by atoms with E-state index in [4.69, 9.17) is 0 Å². The molecule has 0 heterocycles. The van der Waals surface area contributed by atoms with Gasteiger partial charge in [-0.1, -0.05) is 36.8 Å². The molecule has 144 valence electrons. The molecule has 0 aromatic heterocycles. The molecular weight excluding hydrogens is 346 g/mol. The Morgan fingerprint density at radius 3 is 2.28 bits per heavy atom. The van der Waals surface area contributed by atoms with E-state index in [0.717, 1.165) is 50.7 Å². The van der Waals surface area contributed by atoms with E-state index in [-0.39, 0.29) is 0 Å². The van der Waals surface area contributed by atoms with Crippen LogP contribution in [0.25, 0.3) is 0 Å². The van der Waals surface area contributed by atoms with Crippen LogP contribution in [0.1, 0.15) is 24.8 Å². The number of nitrogens with zero attached hydrogens (tertiary/aromatic N) is 2. The fraction of sp³-hybridized carbons (Fsp3) is 0.700. The minimum atomic E-state index is 0.907. The predicted octanol–water partition coefficient (Wildman–Crippen LogP) is 3.08. The van der Waals surface area contributed by atoms with Crippen LogP contribution in [0.2, 0.25) is 0 Å². The summed E-state index contributed by atoms with van der Waals surface area (Å²) >= 11 is 8.61. The van der Waals surface area contributed by atoms with Crippen molar-refractivity contribution in [2.24, 2.45) is 0 Å². The molecule has 0 atom stereocenters. The van der Waals surface area contributed by atoms with Crippen molar-refractivity contribution in [3.05, 3.63) is 35.9 Å². The van der Waals surface area contributed by atoms with Crippen molar-refractivity contribution in [2.45, 2.75) is 25.7 Å². The van der Waals surface area contributed by atoms with E-state index in [1.165, 1.54) is 37.9 Å². The van der Waals surface area contributed by atoms with Crippen molar-refractivity contribution in [2.75, 3.05) is 64.4 Å². The summed E-state index contributed by atoms with van der Waals surface area (Å²) in [5.74, 6) is 1.85. The number of thiol groups is 2. The molecule has 5 heteroatoms. The van der Waals surface area contributed by atoms with Crippen LogP contribution in [0.4, 0.5) is 0 Å². The summed E-state index contributed by atoms with van der Waals surface area (Å²) in [6.45, 7) is 7.78. The summed E-state index contributed by atoms with van der Waals surface area (Å²) in [5, 5.41) is 3.42. The van der Waals surface area contributed by atoms with Gasteiger partial charge < -0.3 is 15.1 Å². The number of hydrogen-bond donors (Lipinski definition) is 3. The van der Waals surface area contributed by atoms with E-state index >= 15 is 0 Å². The quantitative estimate of drug-likeness (QED) is 0.301. The van der Waals surface area contributed by atoms with E-state index in [2.05, 4.69) is 77.8 Å². The molecule has 0 aliphatic rings. The summed E-state index contributed by atoms with van der Waals surface area (Å²) in [6.07, 6.45) is 5.03. The Morgan fingerprint density at radius 1 is 0.800 bits per heavy atom. The first-order valence-corrected chi connectivity index (χ1v) is 10.9. The maximum Gasteiger partial charge on any atom is 0.0107 e. The molecule has 0 fully saturated rings. The summed E-state index contributed by atoms with van der Waals surface area (Å²) in [4.78, 5) is 4.98. The maximum atomic E-state index is 4.39. The van der Waals surface area contributed by atoms with E-state index in [1.54, 1.807) is 0 Å². The lowest BCUT2D eigenvalue weighted by Gasteiger charge is -2.22. The second-order valence-electron chi connectivity index (χ2n) is 6.64. The molecule has 1 aromatic carbocycles. The van der Waals surface area contributed by atoms with Gasteiger partial charge in [0.1, 0.15) is 0 Å². The molecule has 1 aromatic rings. The SMILES string of the molecule is CN(CCCCCN(CCS)CCNCCS)CCc1ccccc1. The van der Waals surface area contributed by atoms with E-state index < -0.39 is 0 Å². The first-order chi connectivity index (χ1) is 12.3. The molecule has 0 bridgehead atoms. The number of hydrogen-bond acceptors (Lipinski definition) is 5. The maximum absolute atomic E-state index is 4.39. The third kappa shape index (κ3) is 12.7. The molecule has 0 spiro atoms. The summed E-state index contributed by atoms with van der Waals surface area (Å²) in [7, 11) is 2.24. The molecule has 0 amide bonds. The van der Waals surface area contributed by atoms with Gasteiger partial charge >= 0.3 is 0 Å². The molecule has 3 nitrogen and oxygen atoms in total. The number of unbranched alkanes of at least 4 members (excludes halogenated alkanes) is 2. The zero-order valence-corrected chi connectivity index (χ0v) is 17.7. The third-order valence-corrected chi connectivity index (χ3v) is 4.87. The Morgan fingerprint density at radius 2 is 1.56 bits per heavy atom. The average molecular weight is 384 g/mol. The Bertz CT molecular complexity index is 403. The monoisotopic (exact) mass is 383 g/mol. The first kappa shape index (κ1) is 22.8. The molecule has 0 saturated heterocycles. The van der Waals surface area contributed by atoms with Crippen LogP contribution in [0.15, 0.2) is 30.3 Å². The van der Waals surface area contributed by atoms with Gasteiger partial charge in [0.15, 0.2) is 0 Å². The minimum Gasteiger partial charge on any atom is -0.315 e. The highest BCUT2D eigenvalue weighted by Gasteiger charge is 2.04. The lowest BCUT2D eigenvalue weighted by Crippen LogP contribution is -2.35. The van der Waals surface area contributed by atoms with Crippen LogP contribution in [0.5, 0.6) is 0 Å². The summed E-state index contributed by atoms with van der Waals surface area (Å²) in [5.41, 5.74) is 1.43. The highest BCUT2D eigenvalue weighted by molar-refractivity contribution is 7.80. The van der Waals surface area contributed by atoms with Crippen LogP contribution in [-0.4, -0.2) is 74.2 Å². The lowest BCUT2D eigenvalue weighted by molar-refractivity contribution is 0.276. The topological polar surface area (TPSA) is 18.5 Å². The second-order valence-corrected chi connectivity index (χ2v) is 7.53. The van der Waals surface area contributed by atoms with Gasteiger partial charge in [0.25, 0.3) is 0 Å². The molecule has 0 radical (unpaired) electrons. The highest BCUT2D eigenvalue weighted by Crippen LogP contribution is 2.03. The van der Waals surface area contributed by atoms with Crippen molar-refractivity contribution in [3.8, 4) is 0 Å². The summed E-state index contributed by atoms with van der Waals surface area (Å²) in [6, 6.07) is 10.8. The van der Waals surface area contributed by atoms with Crippen molar-refractivity contribution < 1.29 is 0 Å². The number of likely N-dealkylation sites (N-methyl/N-ethyl adjacent to an activating group) is 1. The van der Waals surface area contributed by atoms with Crippen molar-refractivity contribution in [1.29, 1.82) is 0 Å². The van der Waals surface area contributed by atoms with Crippen LogP contribution < -0.4 is 5.32 Å². The van der Waals surface area contributed by atoms with Crippen molar-refractivity contribution in [1.82, 2.24) is 15.1 Å². The molecule has 0 unspecified atom stereocenters. The Labute approximate surface area is 166 Å². The van der Waals surface area contributed by atoms with E-state index in [9.17, 15) is 0 Å². The molecule has 1 rings (SSSR count). The molecule has 0 saturated carbocycles. The zero-order valence-electron chi connectivity index (χ0n) is 15.9.